The minimum absolute atomic E-state index is 0.0915. The molecule has 4 rings (SSSR count). The van der Waals surface area contributed by atoms with E-state index >= 15 is 0 Å². The van der Waals surface area contributed by atoms with Gasteiger partial charge in [-0.3, -0.25) is 24.3 Å². The maximum Gasteiger partial charge on any atom is 0.309 e. The van der Waals surface area contributed by atoms with Crippen LogP contribution in [0.2, 0.25) is 0 Å². The third-order valence-electron chi connectivity index (χ3n) is 4.99. The van der Waals surface area contributed by atoms with Gasteiger partial charge in [-0.25, -0.2) is 0 Å². The third-order valence-corrected chi connectivity index (χ3v) is 4.99. The van der Waals surface area contributed by atoms with E-state index in [0.717, 1.165) is 4.90 Å². The normalized spacial score (nSPS) is 12.9. The zero-order chi connectivity index (χ0) is 21.4. The van der Waals surface area contributed by atoms with Gasteiger partial charge in [-0.1, -0.05) is 12.1 Å². The second-order valence-corrected chi connectivity index (χ2v) is 6.80. The predicted molar refractivity (Wildman–Crippen MR) is 107 cm³/mol. The molecule has 152 valence electrons. The molecule has 1 aliphatic heterocycles. The van der Waals surface area contributed by atoms with Gasteiger partial charge in [-0.2, -0.15) is 0 Å². The molecule has 0 saturated heterocycles. The summed E-state index contributed by atoms with van der Waals surface area (Å²) in [4.78, 5) is 42.3. The molecular weight excluding hydrogens is 388 g/mol. The van der Waals surface area contributed by atoms with E-state index in [4.69, 9.17) is 9.47 Å². The van der Waals surface area contributed by atoms with Gasteiger partial charge in [0.15, 0.2) is 11.5 Å². The number of carbonyl (C=O) groups excluding carboxylic acids is 2. The van der Waals surface area contributed by atoms with Crippen molar-refractivity contribution in [1.29, 1.82) is 0 Å². The lowest BCUT2D eigenvalue weighted by atomic mass is 10.1. The summed E-state index contributed by atoms with van der Waals surface area (Å²) in [6.07, 6.45) is -0.292. The number of carboxylic acid groups (broad SMARTS) is 1. The number of aliphatic carboxylic acids is 1. The van der Waals surface area contributed by atoms with Gasteiger partial charge in [-0.05, 0) is 35.7 Å². The number of carboxylic acids is 1. The number of fused-ring (bicyclic) bond motifs is 2. The van der Waals surface area contributed by atoms with Crippen LogP contribution in [-0.4, -0.2) is 47.0 Å². The first kappa shape index (κ1) is 19.4. The Hall–Kier alpha value is -3.94. The maximum absolute atomic E-state index is 12.8. The van der Waals surface area contributed by atoms with E-state index in [9.17, 15) is 19.5 Å². The average molecular weight is 406 g/mol. The van der Waals surface area contributed by atoms with Crippen LogP contribution in [0.1, 0.15) is 32.1 Å². The van der Waals surface area contributed by atoms with Gasteiger partial charge in [-0.15, -0.1) is 0 Å². The topological polar surface area (TPSA) is 106 Å². The molecule has 2 aromatic carbocycles. The quantitative estimate of drug-likeness (QED) is 0.627. The van der Waals surface area contributed by atoms with E-state index in [1.807, 2.05) is 0 Å². The van der Waals surface area contributed by atoms with Gasteiger partial charge >= 0.3 is 5.97 Å². The van der Waals surface area contributed by atoms with Crippen molar-refractivity contribution < 1.29 is 29.0 Å². The number of methoxy groups -OCH3 is 2. The number of rotatable bonds is 6. The van der Waals surface area contributed by atoms with Crippen molar-refractivity contribution in [2.75, 3.05) is 14.2 Å². The number of imide groups is 1. The number of benzene rings is 2. The molecule has 8 heteroatoms. The lowest BCUT2D eigenvalue weighted by Gasteiger charge is -2.17. The Morgan fingerprint density at radius 3 is 2.17 bits per heavy atom. The Balaban J connectivity index is 1.83. The highest BCUT2D eigenvalue weighted by Gasteiger charge is 2.35. The molecule has 2 amide bonds. The SMILES string of the molecule is COc1cc2cc(CC(=O)O)nc(CN3C(=O)c4ccccc4C3=O)c2cc1OC. The predicted octanol–water partition coefficient (Wildman–Crippen LogP) is 2.68. The molecule has 1 N–H and O–H groups in total. The minimum atomic E-state index is -1.03. The van der Waals surface area contributed by atoms with Crippen molar-refractivity contribution in [3.05, 3.63) is 65.0 Å². The molecule has 2 heterocycles. The van der Waals surface area contributed by atoms with Gasteiger partial charge in [0.2, 0.25) is 0 Å². The standard InChI is InChI=1S/C22H18N2O6/c1-29-18-8-12-7-13(9-20(25)26)23-17(16(12)10-19(18)30-2)11-24-21(27)14-5-3-4-6-15(14)22(24)28/h3-8,10H,9,11H2,1-2H3,(H,25,26). The molecule has 0 radical (unpaired) electrons. The highest BCUT2D eigenvalue weighted by Crippen LogP contribution is 2.35. The second kappa shape index (κ2) is 7.47. The summed E-state index contributed by atoms with van der Waals surface area (Å²) in [5.74, 6) is -0.913. The van der Waals surface area contributed by atoms with Crippen molar-refractivity contribution >= 4 is 28.6 Å². The Morgan fingerprint density at radius 1 is 1.00 bits per heavy atom. The zero-order valence-electron chi connectivity index (χ0n) is 16.3. The van der Waals surface area contributed by atoms with Crippen LogP contribution < -0.4 is 9.47 Å². The van der Waals surface area contributed by atoms with Gasteiger partial charge < -0.3 is 14.6 Å². The molecule has 0 bridgehead atoms. The molecule has 0 atom stereocenters. The van der Waals surface area contributed by atoms with Crippen LogP contribution in [0.3, 0.4) is 0 Å². The minimum Gasteiger partial charge on any atom is -0.493 e. The molecule has 0 saturated carbocycles. The first-order valence-corrected chi connectivity index (χ1v) is 9.14. The molecule has 30 heavy (non-hydrogen) atoms. The summed E-state index contributed by atoms with van der Waals surface area (Å²) in [5.41, 5.74) is 1.40. The fourth-order valence-electron chi connectivity index (χ4n) is 3.61. The Labute approximate surface area is 171 Å². The molecule has 3 aromatic rings. The van der Waals surface area contributed by atoms with E-state index in [1.54, 1.807) is 42.5 Å². The van der Waals surface area contributed by atoms with Crippen molar-refractivity contribution in [1.82, 2.24) is 9.88 Å². The average Bonchev–Trinajstić information content (AvgIpc) is 2.97. The maximum atomic E-state index is 12.8. The Morgan fingerprint density at radius 2 is 1.60 bits per heavy atom. The molecule has 1 aliphatic rings. The summed E-state index contributed by atoms with van der Waals surface area (Å²) in [5, 5.41) is 10.5. The van der Waals surface area contributed by atoms with Crippen LogP contribution in [-0.2, 0) is 17.8 Å². The van der Waals surface area contributed by atoms with E-state index in [1.165, 1.54) is 14.2 Å². The van der Waals surface area contributed by atoms with Gasteiger partial charge in [0.25, 0.3) is 11.8 Å². The Kier molecular flexibility index (Phi) is 4.83. The molecule has 0 fully saturated rings. The molecule has 0 spiro atoms. The number of nitrogens with zero attached hydrogens (tertiary/aromatic N) is 2. The lowest BCUT2D eigenvalue weighted by Crippen LogP contribution is -2.29. The number of amides is 2. The summed E-state index contributed by atoms with van der Waals surface area (Å²) in [6.45, 7) is -0.0915. The van der Waals surface area contributed by atoms with Gasteiger partial charge in [0.05, 0.1) is 49.7 Å². The van der Waals surface area contributed by atoms with Crippen molar-refractivity contribution in [2.24, 2.45) is 0 Å². The van der Waals surface area contributed by atoms with E-state index < -0.39 is 17.8 Å². The first-order valence-electron chi connectivity index (χ1n) is 9.14. The van der Waals surface area contributed by atoms with Crippen LogP contribution in [0.25, 0.3) is 10.8 Å². The third kappa shape index (κ3) is 3.22. The Bertz CT molecular complexity index is 1170. The number of hydrogen-bond acceptors (Lipinski definition) is 6. The van der Waals surface area contributed by atoms with Crippen LogP contribution in [0, 0.1) is 0 Å². The summed E-state index contributed by atoms with van der Waals surface area (Å²) < 4.78 is 10.7. The van der Waals surface area contributed by atoms with Crippen LogP contribution in [0.15, 0.2) is 42.5 Å². The van der Waals surface area contributed by atoms with Crippen LogP contribution >= 0.6 is 0 Å². The van der Waals surface area contributed by atoms with Crippen LogP contribution in [0.5, 0.6) is 11.5 Å². The van der Waals surface area contributed by atoms with E-state index in [2.05, 4.69) is 4.98 Å². The van der Waals surface area contributed by atoms with Crippen LogP contribution in [0.4, 0.5) is 0 Å². The summed E-state index contributed by atoms with van der Waals surface area (Å²) >= 11 is 0. The fraction of sp³-hybridized carbons (Fsp3) is 0.182. The van der Waals surface area contributed by atoms with E-state index in [0.29, 0.717) is 44.8 Å². The molecule has 1 aromatic heterocycles. The second-order valence-electron chi connectivity index (χ2n) is 6.80. The molecule has 8 nitrogen and oxygen atoms in total. The number of pyridine rings is 1. The first-order chi connectivity index (χ1) is 14.4. The van der Waals surface area contributed by atoms with Gasteiger partial charge in [0.1, 0.15) is 0 Å². The number of carbonyl (C=O) groups is 3. The molecule has 0 aliphatic carbocycles. The highest BCUT2D eigenvalue weighted by molar-refractivity contribution is 6.21. The monoisotopic (exact) mass is 406 g/mol. The smallest absolute Gasteiger partial charge is 0.309 e. The van der Waals surface area contributed by atoms with E-state index in [-0.39, 0.29) is 13.0 Å². The highest BCUT2D eigenvalue weighted by atomic mass is 16.5. The van der Waals surface area contributed by atoms with Crippen molar-refractivity contribution in [3.63, 3.8) is 0 Å². The summed E-state index contributed by atoms with van der Waals surface area (Å²) in [7, 11) is 3.00. The molecular formula is C22H18N2O6. The largest absolute Gasteiger partial charge is 0.493 e. The number of aromatic nitrogens is 1. The summed E-state index contributed by atoms with van der Waals surface area (Å²) in [6, 6.07) is 11.7. The number of hydrogen-bond donors (Lipinski definition) is 1. The molecule has 0 unspecified atom stereocenters. The van der Waals surface area contributed by atoms with Crippen molar-refractivity contribution in [3.8, 4) is 11.5 Å². The van der Waals surface area contributed by atoms with Crippen molar-refractivity contribution in [2.45, 2.75) is 13.0 Å². The van der Waals surface area contributed by atoms with Gasteiger partial charge in [0, 0.05) is 5.39 Å². The number of ether oxygens (including phenoxy) is 2. The lowest BCUT2D eigenvalue weighted by molar-refractivity contribution is -0.136. The fourth-order valence-corrected chi connectivity index (χ4v) is 3.61. The zero-order valence-corrected chi connectivity index (χ0v) is 16.3.